The number of rotatable bonds is 2. The number of nitrogens with two attached hydrogens (primary N) is 1. The average Bonchev–Trinajstić information content (AvgIpc) is 2.41. The number of fused-ring (bicyclic) bond motifs is 1. The Bertz CT molecular complexity index is 784. The summed E-state index contributed by atoms with van der Waals surface area (Å²) in [7, 11) is 0. The van der Waals surface area contributed by atoms with Crippen LogP contribution in [0.4, 0.5) is 5.69 Å². The van der Waals surface area contributed by atoms with Gasteiger partial charge >= 0.3 is 0 Å². The number of ether oxygens (including phenoxy) is 1. The molecule has 4 heteroatoms. The van der Waals surface area contributed by atoms with E-state index >= 15 is 0 Å². The van der Waals surface area contributed by atoms with Gasteiger partial charge in [0.2, 0.25) is 5.88 Å². The van der Waals surface area contributed by atoms with Crippen molar-refractivity contribution >= 4 is 16.6 Å². The van der Waals surface area contributed by atoms with E-state index in [0.717, 1.165) is 10.9 Å². The molecule has 3 aromatic rings. The van der Waals surface area contributed by atoms with E-state index in [1.54, 1.807) is 6.07 Å². The number of aryl methyl sites for hydroxylation is 2. The fourth-order valence-electron chi connectivity index (χ4n) is 2.06. The number of aromatic nitrogens is 2. The van der Waals surface area contributed by atoms with Crippen LogP contribution in [0.3, 0.4) is 0 Å². The molecule has 2 N–H and O–H groups in total. The summed E-state index contributed by atoms with van der Waals surface area (Å²) in [6.45, 7) is 4.13. The van der Waals surface area contributed by atoms with Crippen molar-refractivity contribution in [1.29, 1.82) is 0 Å². The van der Waals surface area contributed by atoms with E-state index in [0.29, 0.717) is 17.3 Å². The monoisotopic (exact) mass is 265 g/mol. The highest BCUT2D eigenvalue weighted by atomic mass is 16.5. The van der Waals surface area contributed by atoms with Gasteiger partial charge in [-0.3, -0.25) is 0 Å². The molecule has 2 aromatic carbocycles. The first-order chi connectivity index (χ1) is 9.63. The highest BCUT2D eigenvalue weighted by Crippen LogP contribution is 2.29. The number of hydrogen-bond acceptors (Lipinski definition) is 4. The zero-order valence-electron chi connectivity index (χ0n) is 11.4. The molecule has 0 spiro atoms. The van der Waals surface area contributed by atoms with Crippen LogP contribution in [0.15, 0.2) is 42.7 Å². The van der Waals surface area contributed by atoms with Crippen LogP contribution in [0.25, 0.3) is 10.9 Å². The Hall–Kier alpha value is -2.62. The molecule has 100 valence electrons. The van der Waals surface area contributed by atoms with Gasteiger partial charge in [0.25, 0.3) is 0 Å². The van der Waals surface area contributed by atoms with Crippen LogP contribution < -0.4 is 10.5 Å². The Morgan fingerprint density at radius 1 is 1.00 bits per heavy atom. The molecule has 1 heterocycles. The standard InChI is InChI=1S/C16H15N3O/c1-10-6-14-15(7-11(10)2)18-9-19-16(14)20-13-5-3-4-12(17)8-13/h3-9H,17H2,1-2H3. The van der Waals surface area contributed by atoms with Crippen LogP contribution in [0.2, 0.25) is 0 Å². The van der Waals surface area contributed by atoms with E-state index in [1.165, 1.54) is 17.5 Å². The molecule has 0 bridgehead atoms. The molecule has 0 aliphatic heterocycles. The molecule has 0 aliphatic carbocycles. The Morgan fingerprint density at radius 2 is 1.80 bits per heavy atom. The third-order valence-electron chi connectivity index (χ3n) is 3.29. The maximum absolute atomic E-state index is 5.84. The smallest absolute Gasteiger partial charge is 0.230 e. The summed E-state index contributed by atoms with van der Waals surface area (Å²) in [6, 6.07) is 11.4. The molecule has 0 atom stereocenters. The zero-order chi connectivity index (χ0) is 14.1. The lowest BCUT2D eigenvalue weighted by Gasteiger charge is -2.09. The number of hydrogen-bond donors (Lipinski definition) is 1. The van der Waals surface area contributed by atoms with Crippen LogP contribution in [0.5, 0.6) is 11.6 Å². The Balaban J connectivity index is 2.09. The van der Waals surface area contributed by atoms with Crippen LogP contribution in [-0.4, -0.2) is 9.97 Å². The molecule has 0 saturated carbocycles. The van der Waals surface area contributed by atoms with Gasteiger partial charge < -0.3 is 10.5 Å². The van der Waals surface area contributed by atoms with E-state index in [-0.39, 0.29) is 0 Å². The molecule has 0 radical (unpaired) electrons. The van der Waals surface area contributed by atoms with Gasteiger partial charge in [-0.15, -0.1) is 0 Å². The van der Waals surface area contributed by atoms with Crippen LogP contribution in [0.1, 0.15) is 11.1 Å². The lowest BCUT2D eigenvalue weighted by molar-refractivity contribution is 0.468. The molecule has 20 heavy (non-hydrogen) atoms. The molecule has 3 rings (SSSR count). The van der Waals surface area contributed by atoms with Gasteiger partial charge in [0.05, 0.1) is 10.9 Å². The number of anilines is 1. The summed E-state index contributed by atoms with van der Waals surface area (Å²) < 4.78 is 5.84. The zero-order valence-corrected chi connectivity index (χ0v) is 11.4. The summed E-state index contributed by atoms with van der Waals surface area (Å²) in [5.41, 5.74) is 9.68. The maximum Gasteiger partial charge on any atom is 0.230 e. The minimum Gasteiger partial charge on any atom is -0.438 e. The Kier molecular flexibility index (Phi) is 2.99. The SMILES string of the molecule is Cc1cc2ncnc(Oc3cccc(N)c3)c2cc1C. The Labute approximate surface area is 117 Å². The predicted octanol–water partition coefficient (Wildman–Crippen LogP) is 3.62. The van der Waals surface area contributed by atoms with Gasteiger partial charge in [-0.05, 0) is 49.2 Å². The third-order valence-corrected chi connectivity index (χ3v) is 3.29. The second-order valence-electron chi connectivity index (χ2n) is 4.81. The summed E-state index contributed by atoms with van der Waals surface area (Å²) in [5.74, 6) is 1.21. The summed E-state index contributed by atoms with van der Waals surface area (Å²) >= 11 is 0. The van der Waals surface area contributed by atoms with Crippen molar-refractivity contribution in [2.75, 3.05) is 5.73 Å². The van der Waals surface area contributed by atoms with Gasteiger partial charge in [-0.2, -0.15) is 0 Å². The van der Waals surface area contributed by atoms with Crippen molar-refractivity contribution in [2.24, 2.45) is 0 Å². The second kappa shape index (κ2) is 4.81. The normalized spacial score (nSPS) is 10.7. The van der Waals surface area contributed by atoms with Gasteiger partial charge in [0.15, 0.2) is 0 Å². The molecule has 0 fully saturated rings. The lowest BCUT2D eigenvalue weighted by Crippen LogP contribution is -1.94. The fraction of sp³-hybridized carbons (Fsp3) is 0.125. The van der Waals surface area contributed by atoms with Crippen LogP contribution in [-0.2, 0) is 0 Å². The molecule has 0 unspecified atom stereocenters. The molecular formula is C16H15N3O. The van der Waals surface area contributed by atoms with Crippen molar-refractivity contribution in [1.82, 2.24) is 9.97 Å². The second-order valence-corrected chi connectivity index (χ2v) is 4.81. The molecular weight excluding hydrogens is 250 g/mol. The molecule has 1 aromatic heterocycles. The van der Waals surface area contributed by atoms with Crippen molar-refractivity contribution in [3.05, 3.63) is 53.9 Å². The molecule has 0 amide bonds. The maximum atomic E-state index is 5.84. The number of benzene rings is 2. The third kappa shape index (κ3) is 2.28. The summed E-state index contributed by atoms with van der Waals surface area (Å²) in [4.78, 5) is 8.52. The van der Waals surface area contributed by atoms with Crippen molar-refractivity contribution in [3.8, 4) is 11.6 Å². The topological polar surface area (TPSA) is 61.0 Å². The first kappa shape index (κ1) is 12.4. The largest absolute Gasteiger partial charge is 0.438 e. The number of nitrogens with zero attached hydrogens (tertiary/aromatic N) is 2. The number of nitrogen functional groups attached to an aromatic ring is 1. The molecule has 0 saturated heterocycles. The lowest BCUT2D eigenvalue weighted by atomic mass is 10.1. The summed E-state index contributed by atoms with van der Waals surface area (Å²) in [6.07, 6.45) is 1.51. The van der Waals surface area contributed by atoms with Crippen LogP contribution in [0, 0.1) is 13.8 Å². The van der Waals surface area contributed by atoms with Crippen LogP contribution >= 0.6 is 0 Å². The fourth-order valence-corrected chi connectivity index (χ4v) is 2.06. The minimum absolute atomic E-state index is 0.545. The predicted molar refractivity (Wildman–Crippen MR) is 79.9 cm³/mol. The van der Waals surface area contributed by atoms with Crippen molar-refractivity contribution in [3.63, 3.8) is 0 Å². The highest BCUT2D eigenvalue weighted by molar-refractivity contribution is 5.85. The summed E-state index contributed by atoms with van der Waals surface area (Å²) in [5, 5.41) is 0.901. The van der Waals surface area contributed by atoms with Gasteiger partial charge in [0, 0.05) is 11.8 Å². The van der Waals surface area contributed by atoms with Crippen molar-refractivity contribution < 1.29 is 4.74 Å². The van der Waals surface area contributed by atoms with E-state index in [9.17, 15) is 0 Å². The van der Waals surface area contributed by atoms with E-state index in [2.05, 4.69) is 23.8 Å². The molecule has 4 nitrogen and oxygen atoms in total. The Morgan fingerprint density at radius 3 is 2.60 bits per heavy atom. The van der Waals surface area contributed by atoms with E-state index < -0.39 is 0 Å². The minimum atomic E-state index is 0.545. The first-order valence-corrected chi connectivity index (χ1v) is 6.39. The van der Waals surface area contributed by atoms with E-state index in [4.69, 9.17) is 10.5 Å². The van der Waals surface area contributed by atoms with Crippen molar-refractivity contribution in [2.45, 2.75) is 13.8 Å². The highest BCUT2D eigenvalue weighted by Gasteiger charge is 2.08. The van der Waals surface area contributed by atoms with E-state index in [1.807, 2.05) is 30.3 Å². The first-order valence-electron chi connectivity index (χ1n) is 6.39. The average molecular weight is 265 g/mol. The van der Waals surface area contributed by atoms with Gasteiger partial charge in [0.1, 0.15) is 12.1 Å². The van der Waals surface area contributed by atoms with Gasteiger partial charge in [-0.25, -0.2) is 9.97 Å². The quantitative estimate of drug-likeness (QED) is 0.719. The molecule has 0 aliphatic rings. The van der Waals surface area contributed by atoms with Gasteiger partial charge in [-0.1, -0.05) is 6.07 Å².